The lowest BCUT2D eigenvalue weighted by Crippen LogP contribution is -2.23. The Labute approximate surface area is 117 Å². The minimum atomic E-state index is 0.0711. The first kappa shape index (κ1) is 15.4. The summed E-state index contributed by atoms with van der Waals surface area (Å²) in [5.41, 5.74) is 3.20. The summed E-state index contributed by atoms with van der Waals surface area (Å²) in [7, 11) is 0. The molecule has 0 radical (unpaired) electrons. The van der Waals surface area contributed by atoms with Crippen LogP contribution in [0.2, 0.25) is 0 Å². The molecule has 0 aromatic carbocycles. The maximum atomic E-state index is 12.0. The molecule has 0 unspecified atom stereocenters. The fourth-order valence-electron chi connectivity index (χ4n) is 1.76. The molecule has 1 rings (SSSR count). The molecule has 0 aliphatic carbocycles. The molecule has 1 heterocycles. The van der Waals surface area contributed by atoms with Gasteiger partial charge in [-0.1, -0.05) is 37.4 Å². The van der Waals surface area contributed by atoms with Gasteiger partial charge in [-0.15, -0.1) is 0 Å². The van der Waals surface area contributed by atoms with Crippen LogP contribution >= 0.6 is 23.5 Å². The number of hydrogen-bond donors (Lipinski definition) is 1. The largest absolute Gasteiger partial charge is 0.362 e. The van der Waals surface area contributed by atoms with Crippen molar-refractivity contribution in [3.63, 3.8) is 0 Å². The number of nitrogens with one attached hydrogen (secondary N) is 1. The van der Waals surface area contributed by atoms with Gasteiger partial charge in [0.15, 0.2) is 0 Å². The average molecular weight is 285 g/mol. The molecule has 100 valence electrons. The Hall–Kier alpha value is -0.680. The topological polar surface area (TPSA) is 46.2 Å². The highest BCUT2D eigenvalue weighted by molar-refractivity contribution is 8.14. The normalized spacial score (nSPS) is 15.8. The molecule has 3 nitrogen and oxygen atoms in total. The van der Waals surface area contributed by atoms with Gasteiger partial charge < -0.3 is 5.32 Å². The number of carbonyl (C=O) groups excluding carboxylic acids is 2. The highest BCUT2D eigenvalue weighted by Crippen LogP contribution is 2.29. The van der Waals surface area contributed by atoms with Gasteiger partial charge in [-0.25, -0.2) is 0 Å². The standard InChI is InChI=1S/C13H19NO2S2/c1-5-17-12(15)10-7-11(13(16)18-6-2)9(4)14-8(10)3/h14H,5-7H2,1-4H3. The lowest BCUT2D eigenvalue weighted by atomic mass is 10.00. The Kier molecular flexibility index (Phi) is 6.02. The van der Waals surface area contributed by atoms with Gasteiger partial charge >= 0.3 is 0 Å². The predicted molar refractivity (Wildman–Crippen MR) is 79.4 cm³/mol. The van der Waals surface area contributed by atoms with Crippen LogP contribution < -0.4 is 5.32 Å². The van der Waals surface area contributed by atoms with E-state index in [9.17, 15) is 9.59 Å². The van der Waals surface area contributed by atoms with E-state index in [2.05, 4.69) is 5.32 Å². The first-order valence-electron chi connectivity index (χ1n) is 6.02. The lowest BCUT2D eigenvalue weighted by molar-refractivity contribution is -0.108. The van der Waals surface area contributed by atoms with Crippen LogP contribution in [0.5, 0.6) is 0 Å². The third kappa shape index (κ3) is 3.65. The highest BCUT2D eigenvalue weighted by Gasteiger charge is 2.24. The van der Waals surface area contributed by atoms with Gasteiger partial charge in [-0.05, 0) is 25.4 Å². The molecule has 1 aliphatic heterocycles. The summed E-state index contributed by atoms with van der Waals surface area (Å²) in [6.45, 7) is 7.69. The van der Waals surface area contributed by atoms with E-state index in [1.807, 2.05) is 27.7 Å². The van der Waals surface area contributed by atoms with Gasteiger partial charge in [0.25, 0.3) is 0 Å². The molecule has 1 N–H and O–H groups in total. The van der Waals surface area contributed by atoms with E-state index in [4.69, 9.17) is 0 Å². The second-order valence-electron chi connectivity index (χ2n) is 3.95. The summed E-state index contributed by atoms with van der Waals surface area (Å²) in [6.07, 6.45) is 0.461. The number of thioether (sulfide) groups is 2. The fourth-order valence-corrected chi connectivity index (χ4v) is 3.08. The molecule has 0 bridgehead atoms. The predicted octanol–water partition coefficient (Wildman–Crippen LogP) is 3.09. The maximum absolute atomic E-state index is 12.0. The molecule has 0 saturated heterocycles. The van der Waals surface area contributed by atoms with Crippen LogP contribution in [-0.2, 0) is 9.59 Å². The second-order valence-corrected chi connectivity index (χ2v) is 6.42. The Balaban J connectivity index is 2.89. The lowest BCUT2D eigenvalue weighted by Gasteiger charge is -2.22. The molecule has 0 aromatic rings. The molecule has 0 atom stereocenters. The van der Waals surface area contributed by atoms with Crippen LogP contribution in [-0.4, -0.2) is 21.7 Å². The number of carbonyl (C=O) groups is 2. The summed E-state index contributed by atoms with van der Waals surface area (Å²) in [5, 5.41) is 3.29. The number of allylic oxidation sites excluding steroid dienone is 2. The molecule has 0 fully saturated rings. The molecule has 0 saturated carbocycles. The van der Waals surface area contributed by atoms with E-state index in [0.717, 1.165) is 34.0 Å². The van der Waals surface area contributed by atoms with E-state index in [1.165, 1.54) is 23.5 Å². The Morgan fingerprint density at radius 1 is 1.00 bits per heavy atom. The van der Waals surface area contributed by atoms with Gasteiger partial charge in [0.05, 0.1) is 0 Å². The highest BCUT2D eigenvalue weighted by atomic mass is 32.2. The quantitative estimate of drug-likeness (QED) is 0.860. The molecule has 5 heteroatoms. The van der Waals surface area contributed by atoms with Crippen molar-refractivity contribution < 1.29 is 9.59 Å². The van der Waals surface area contributed by atoms with Crippen molar-refractivity contribution in [1.29, 1.82) is 0 Å². The summed E-state index contributed by atoms with van der Waals surface area (Å²) < 4.78 is 0. The second kappa shape index (κ2) is 7.04. The summed E-state index contributed by atoms with van der Waals surface area (Å²) in [5.74, 6) is 1.51. The third-order valence-corrected chi connectivity index (χ3v) is 4.27. The van der Waals surface area contributed by atoms with Gasteiger partial charge in [-0.2, -0.15) is 0 Å². The Morgan fingerprint density at radius 3 is 1.72 bits per heavy atom. The third-order valence-electron chi connectivity index (χ3n) is 2.68. The fraction of sp³-hybridized carbons (Fsp3) is 0.538. The van der Waals surface area contributed by atoms with Gasteiger partial charge in [0.1, 0.15) is 0 Å². The van der Waals surface area contributed by atoms with Crippen molar-refractivity contribution in [1.82, 2.24) is 5.32 Å². The summed E-state index contributed by atoms with van der Waals surface area (Å²) in [6, 6.07) is 0. The van der Waals surface area contributed by atoms with E-state index in [0.29, 0.717) is 6.42 Å². The molecule has 0 aromatic heterocycles. The van der Waals surface area contributed by atoms with Gasteiger partial charge in [-0.3, -0.25) is 9.59 Å². The van der Waals surface area contributed by atoms with Crippen LogP contribution in [0.1, 0.15) is 34.1 Å². The average Bonchev–Trinajstić information content (AvgIpc) is 2.29. The molecule has 1 aliphatic rings. The van der Waals surface area contributed by atoms with Crippen LogP contribution in [0.3, 0.4) is 0 Å². The van der Waals surface area contributed by atoms with E-state index < -0.39 is 0 Å². The zero-order valence-corrected chi connectivity index (χ0v) is 12.9. The maximum Gasteiger partial charge on any atom is 0.217 e. The Bertz CT molecular complexity index is 387. The van der Waals surface area contributed by atoms with Crippen molar-refractivity contribution in [3.8, 4) is 0 Å². The zero-order chi connectivity index (χ0) is 13.7. The number of rotatable bonds is 4. The first-order valence-corrected chi connectivity index (χ1v) is 7.99. The van der Waals surface area contributed by atoms with Crippen LogP contribution in [0.25, 0.3) is 0 Å². The van der Waals surface area contributed by atoms with Crippen molar-refractivity contribution in [3.05, 3.63) is 22.5 Å². The smallest absolute Gasteiger partial charge is 0.217 e. The monoisotopic (exact) mass is 285 g/mol. The van der Waals surface area contributed by atoms with E-state index >= 15 is 0 Å². The summed E-state index contributed by atoms with van der Waals surface area (Å²) >= 11 is 2.58. The Morgan fingerprint density at radius 2 is 1.39 bits per heavy atom. The van der Waals surface area contributed by atoms with Crippen LogP contribution in [0.15, 0.2) is 22.5 Å². The number of hydrogen-bond acceptors (Lipinski definition) is 5. The molecular weight excluding hydrogens is 266 g/mol. The molecule has 0 amide bonds. The van der Waals surface area contributed by atoms with Crippen molar-refractivity contribution >= 4 is 33.8 Å². The zero-order valence-electron chi connectivity index (χ0n) is 11.3. The van der Waals surface area contributed by atoms with Crippen LogP contribution in [0.4, 0.5) is 0 Å². The first-order chi connectivity index (χ1) is 8.51. The SMILES string of the molecule is CCSC(=O)C1=C(C)NC(C)=C(C(=O)SCC)C1. The molecule has 0 spiro atoms. The minimum absolute atomic E-state index is 0.0711. The van der Waals surface area contributed by atoms with E-state index in [-0.39, 0.29) is 10.2 Å². The number of dihydropyridines is 1. The molecule has 18 heavy (non-hydrogen) atoms. The van der Waals surface area contributed by atoms with Crippen molar-refractivity contribution in [2.75, 3.05) is 11.5 Å². The van der Waals surface area contributed by atoms with Gasteiger partial charge in [0.2, 0.25) is 10.2 Å². The summed E-state index contributed by atoms with van der Waals surface area (Å²) in [4.78, 5) is 23.9. The van der Waals surface area contributed by atoms with Crippen LogP contribution in [0, 0.1) is 0 Å². The minimum Gasteiger partial charge on any atom is -0.362 e. The van der Waals surface area contributed by atoms with Crippen molar-refractivity contribution in [2.24, 2.45) is 0 Å². The van der Waals surface area contributed by atoms with E-state index in [1.54, 1.807) is 0 Å². The van der Waals surface area contributed by atoms with Crippen molar-refractivity contribution in [2.45, 2.75) is 34.1 Å². The molecular formula is C13H19NO2S2. The van der Waals surface area contributed by atoms with Gasteiger partial charge in [0, 0.05) is 29.0 Å².